The van der Waals surface area contributed by atoms with Crippen LogP contribution in [-0.4, -0.2) is 50.0 Å². The summed E-state index contributed by atoms with van der Waals surface area (Å²) < 4.78 is 54.4. The second-order valence-electron chi connectivity index (χ2n) is 11.2. The standard InChI is InChI=1S/C33H38BrF2N3O4S/c1-44(42,43)39(28-18-19-29(35)30(36)22-28)20-8-13-32(40)38(23-25-14-16-26(34)17-15-25)31(21-24-9-4-2-5-10-24)33(41)37-27-11-6-3-7-12-27/h2,4-5,9-10,14-19,22,27,31H,3,6-8,11-13,20-21,23H2,1H3,(H,37,41)/t31-/m1/s1. The van der Waals surface area contributed by atoms with Crippen molar-refractivity contribution in [2.75, 3.05) is 17.1 Å². The molecule has 1 saturated carbocycles. The number of hydrogen-bond donors (Lipinski definition) is 1. The molecule has 2 amide bonds. The molecule has 0 unspecified atom stereocenters. The highest BCUT2D eigenvalue weighted by atomic mass is 79.9. The number of amides is 2. The van der Waals surface area contributed by atoms with Crippen molar-refractivity contribution >= 4 is 43.5 Å². The number of carbonyl (C=O) groups is 2. The molecule has 4 rings (SSSR count). The van der Waals surface area contributed by atoms with Gasteiger partial charge in [-0.2, -0.15) is 0 Å². The van der Waals surface area contributed by atoms with Crippen LogP contribution in [0, 0.1) is 11.6 Å². The van der Waals surface area contributed by atoms with Gasteiger partial charge in [0.25, 0.3) is 0 Å². The minimum Gasteiger partial charge on any atom is -0.352 e. The number of benzene rings is 3. The first kappa shape index (κ1) is 33.6. The number of hydrogen-bond acceptors (Lipinski definition) is 4. The van der Waals surface area contributed by atoms with Gasteiger partial charge in [0.2, 0.25) is 21.8 Å². The van der Waals surface area contributed by atoms with E-state index in [0.717, 1.165) is 70.4 Å². The zero-order chi connectivity index (χ0) is 31.7. The molecule has 1 aliphatic rings. The first-order valence-electron chi connectivity index (χ1n) is 14.8. The third kappa shape index (κ3) is 9.59. The first-order valence-corrected chi connectivity index (χ1v) is 17.5. The van der Waals surface area contributed by atoms with Crippen molar-refractivity contribution in [2.45, 2.75) is 70.0 Å². The number of sulfonamides is 1. The molecule has 1 fully saturated rings. The van der Waals surface area contributed by atoms with Crippen LogP contribution in [-0.2, 0) is 32.6 Å². The van der Waals surface area contributed by atoms with Gasteiger partial charge in [-0.25, -0.2) is 17.2 Å². The molecule has 7 nitrogen and oxygen atoms in total. The smallest absolute Gasteiger partial charge is 0.243 e. The zero-order valence-corrected chi connectivity index (χ0v) is 27.1. The van der Waals surface area contributed by atoms with Crippen molar-refractivity contribution in [2.24, 2.45) is 0 Å². The number of halogens is 3. The summed E-state index contributed by atoms with van der Waals surface area (Å²) in [6.07, 6.45) is 6.36. The van der Waals surface area contributed by atoms with Gasteiger partial charge >= 0.3 is 0 Å². The van der Waals surface area contributed by atoms with Crippen LogP contribution in [0.5, 0.6) is 0 Å². The zero-order valence-electron chi connectivity index (χ0n) is 24.7. The molecule has 236 valence electrons. The average Bonchev–Trinajstić information content (AvgIpc) is 3.00. The van der Waals surface area contributed by atoms with Gasteiger partial charge in [0.15, 0.2) is 11.6 Å². The summed E-state index contributed by atoms with van der Waals surface area (Å²) in [5.74, 6) is -2.78. The van der Waals surface area contributed by atoms with E-state index < -0.39 is 27.7 Å². The second kappa shape index (κ2) is 15.6. The summed E-state index contributed by atoms with van der Waals surface area (Å²) in [7, 11) is -3.85. The van der Waals surface area contributed by atoms with E-state index in [1.807, 2.05) is 54.6 Å². The molecule has 0 radical (unpaired) electrons. The van der Waals surface area contributed by atoms with Crippen LogP contribution in [0.4, 0.5) is 14.5 Å². The Morgan fingerprint density at radius 1 is 0.932 bits per heavy atom. The molecule has 0 aromatic heterocycles. The second-order valence-corrected chi connectivity index (χ2v) is 14.1. The van der Waals surface area contributed by atoms with Crippen molar-refractivity contribution in [3.05, 3.63) is 100 Å². The fourth-order valence-electron chi connectivity index (χ4n) is 5.53. The molecule has 1 aliphatic carbocycles. The van der Waals surface area contributed by atoms with Crippen LogP contribution < -0.4 is 9.62 Å². The Kier molecular flexibility index (Phi) is 11.9. The van der Waals surface area contributed by atoms with E-state index in [2.05, 4.69) is 21.2 Å². The molecule has 3 aromatic carbocycles. The van der Waals surface area contributed by atoms with Gasteiger partial charge in [-0.1, -0.05) is 77.7 Å². The van der Waals surface area contributed by atoms with Gasteiger partial charge in [0.1, 0.15) is 6.04 Å². The minimum absolute atomic E-state index is 0.0284. The SMILES string of the molecule is CS(=O)(=O)N(CCCC(=O)N(Cc1ccc(Br)cc1)[C@H](Cc1ccccc1)C(=O)NC1CCCCC1)c1ccc(F)c(F)c1. The van der Waals surface area contributed by atoms with Gasteiger partial charge in [0, 0.05) is 42.5 Å². The molecule has 11 heteroatoms. The number of carbonyl (C=O) groups excluding carboxylic acids is 2. The molecular formula is C33H38BrF2N3O4S. The molecule has 0 bridgehead atoms. The molecule has 0 heterocycles. The van der Waals surface area contributed by atoms with Gasteiger partial charge in [0.05, 0.1) is 11.9 Å². The van der Waals surface area contributed by atoms with Crippen molar-refractivity contribution in [3.63, 3.8) is 0 Å². The van der Waals surface area contributed by atoms with Crippen molar-refractivity contribution in [1.82, 2.24) is 10.2 Å². The number of anilines is 1. The lowest BCUT2D eigenvalue weighted by atomic mass is 9.94. The lowest BCUT2D eigenvalue weighted by Gasteiger charge is -2.34. The van der Waals surface area contributed by atoms with E-state index in [-0.39, 0.29) is 49.5 Å². The van der Waals surface area contributed by atoms with Crippen molar-refractivity contribution in [1.29, 1.82) is 0 Å². The maximum Gasteiger partial charge on any atom is 0.243 e. The van der Waals surface area contributed by atoms with Crippen LogP contribution in [0.25, 0.3) is 0 Å². The summed E-state index contributed by atoms with van der Waals surface area (Å²) >= 11 is 3.44. The highest BCUT2D eigenvalue weighted by Gasteiger charge is 2.32. The molecular weight excluding hydrogens is 652 g/mol. The number of nitrogens with one attached hydrogen (secondary N) is 1. The summed E-state index contributed by atoms with van der Waals surface area (Å²) in [5.41, 5.74) is 1.72. The quantitative estimate of drug-likeness (QED) is 0.226. The highest BCUT2D eigenvalue weighted by molar-refractivity contribution is 9.10. The van der Waals surface area contributed by atoms with E-state index in [9.17, 15) is 26.8 Å². The predicted octanol–water partition coefficient (Wildman–Crippen LogP) is 6.36. The van der Waals surface area contributed by atoms with E-state index in [0.29, 0.717) is 6.42 Å². The fraction of sp³-hybridized carbons (Fsp3) is 0.394. The monoisotopic (exact) mass is 689 g/mol. The maximum atomic E-state index is 14.0. The third-order valence-electron chi connectivity index (χ3n) is 7.83. The Bertz CT molecular complexity index is 1520. The molecule has 3 aromatic rings. The number of nitrogens with zero attached hydrogens (tertiary/aromatic N) is 2. The van der Waals surface area contributed by atoms with Crippen LogP contribution in [0.3, 0.4) is 0 Å². The largest absolute Gasteiger partial charge is 0.352 e. The lowest BCUT2D eigenvalue weighted by molar-refractivity contribution is -0.141. The normalized spacial score (nSPS) is 14.5. The van der Waals surface area contributed by atoms with Crippen LogP contribution in [0.2, 0.25) is 0 Å². The average molecular weight is 691 g/mol. The van der Waals surface area contributed by atoms with Gasteiger partial charge in [-0.05, 0) is 54.7 Å². The summed E-state index contributed by atoms with van der Waals surface area (Å²) in [4.78, 5) is 29.4. The predicted molar refractivity (Wildman–Crippen MR) is 171 cm³/mol. The molecule has 1 N–H and O–H groups in total. The molecule has 1 atom stereocenters. The summed E-state index contributed by atoms with van der Waals surface area (Å²) in [5, 5.41) is 3.20. The Balaban J connectivity index is 1.59. The lowest BCUT2D eigenvalue weighted by Crippen LogP contribution is -2.52. The molecule has 0 saturated heterocycles. The Hall–Kier alpha value is -3.31. The van der Waals surface area contributed by atoms with E-state index >= 15 is 0 Å². The van der Waals surface area contributed by atoms with Gasteiger partial charge in [-0.15, -0.1) is 0 Å². The summed E-state index contributed by atoms with van der Waals surface area (Å²) in [6, 6.07) is 19.2. The van der Waals surface area contributed by atoms with Gasteiger partial charge < -0.3 is 10.2 Å². The fourth-order valence-corrected chi connectivity index (χ4v) is 6.75. The van der Waals surface area contributed by atoms with Crippen molar-refractivity contribution in [3.8, 4) is 0 Å². The molecule has 0 aliphatic heterocycles. The van der Waals surface area contributed by atoms with Crippen LogP contribution in [0.1, 0.15) is 56.1 Å². The van der Waals surface area contributed by atoms with Crippen molar-refractivity contribution < 1.29 is 26.8 Å². The Morgan fingerprint density at radius 2 is 1.61 bits per heavy atom. The first-order chi connectivity index (χ1) is 21.0. The molecule has 0 spiro atoms. The van der Waals surface area contributed by atoms with E-state index in [4.69, 9.17) is 0 Å². The molecule has 44 heavy (non-hydrogen) atoms. The Labute approximate surface area is 266 Å². The number of rotatable bonds is 13. The minimum atomic E-state index is -3.85. The maximum absolute atomic E-state index is 14.0. The Morgan fingerprint density at radius 3 is 2.25 bits per heavy atom. The highest BCUT2D eigenvalue weighted by Crippen LogP contribution is 2.23. The third-order valence-corrected chi connectivity index (χ3v) is 9.55. The summed E-state index contributed by atoms with van der Waals surface area (Å²) in [6.45, 7) is 0.0556. The topological polar surface area (TPSA) is 86.8 Å². The van der Waals surface area contributed by atoms with Gasteiger partial charge in [-0.3, -0.25) is 13.9 Å². The van der Waals surface area contributed by atoms with Crippen LogP contribution >= 0.6 is 15.9 Å². The van der Waals surface area contributed by atoms with Crippen LogP contribution in [0.15, 0.2) is 77.3 Å². The van der Waals surface area contributed by atoms with E-state index in [1.165, 1.54) is 6.07 Å². The van der Waals surface area contributed by atoms with E-state index in [1.54, 1.807) is 4.90 Å².